The first-order chi connectivity index (χ1) is 47.9. The van der Waals surface area contributed by atoms with Crippen LogP contribution in [0.4, 0.5) is 0 Å². The Morgan fingerprint density at radius 1 is 0.417 bits per heavy atom. The molecule has 0 spiro atoms. The van der Waals surface area contributed by atoms with Crippen molar-refractivity contribution in [3.63, 3.8) is 0 Å². The van der Waals surface area contributed by atoms with Crippen LogP contribution in [0, 0.1) is 17.8 Å². The molecule has 103 heavy (non-hydrogen) atoms. The minimum absolute atomic E-state index is 0. The van der Waals surface area contributed by atoms with E-state index in [0.717, 1.165) is 11.6 Å². The Morgan fingerprint density at radius 2 is 0.981 bits per heavy atom. The smallest absolute Gasteiger partial charge is 0.339 e. The molecule has 0 saturated heterocycles. The monoisotopic (exact) mass is 1390 g/mol. The van der Waals surface area contributed by atoms with Crippen LogP contribution >= 0.6 is 0 Å². The number of ketones is 9. The first-order valence-electron chi connectivity index (χ1n) is 32.0. The normalized spacial score (nSPS) is 18.6. The van der Waals surface area contributed by atoms with Crippen molar-refractivity contribution in [3.8, 4) is 63.2 Å². The number of hydrogen-bond donors (Lipinski definition) is 13. The second-order valence-corrected chi connectivity index (χ2v) is 28.4. The zero-order chi connectivity index (χ0) is 73.9. The summed E-state index contributed by atoms with van der Waals surface area (Å²) in [5.41, 5.74) is -0.759. The van der Waals surface area contributed by atoms with Crippen molar-refractivity contribution >= 4 is 95.9 Å². The van der Waals surface area contributed by atoms with Crippen molar-refractivity contribution in [2.24, 2.45) is 10.8 Å². The number of carboxylic acids is 1. The van der Waals surface area contributed by atoms with Gasteiger partial charge in [-0.3, -0.25) is 43.2 Å². The van der Waals surface area contributed by atoms with E-state index < -0.39 is 110 Å². The largest absolute Gasteiger partial charge is 0.507 e. The quantitative estimate of drug-likeness (QED) is 0.0536. The van der Waals surface area contributed by atoms with E-state index >= 15 is 0 Å². The molecule has 0 aromatic heterocycles. The van der Waals surface area contributed by atoms with E-state index in [4.69, 9.17) is 0 Å². The average molecular weight is 1400 g/mol. The molecule has 0 amide bonds. The first kappa shape index (κ1) is 70.4. The number of aliphatic carboxylic acids is 1. The van der Waals surface area contributed by atoms with Crippen molar-refractivity contribution in [1.82, 2.24) is 0 Å². The molecular formula is C80H66O23. The fraction of sp³-hybridized carbons (Fsp3) is 0.225. The summed E-state index contributed by atoms with van der Waals surface area (Å²) < 4.78 is 0. The molecule has 23 nitrogen and oxygen atoms in total. The van der Waals surface area contributed by atoms with Crippen LogP contribution in [-0.4, -0.2) is 130 Å². The van der Waals surface area contributed by atoms with Crippen LogP contribution in [0.3, 0.4) is 0 Å². The van der Waals surface area contributed by atoms with Gasteiger partial charge in [0.25, 0.3) is 0 Å². The maximum absolute atomic E-state index is 13.0. The number of allylic oxidation sites excluding steroid dienone is 2. The highest BCUT2D eigenvalue weighted by atomic mass is 16.4. The molecule has 524 valence electrons. The molecule has 7 aliphatic rings. The predicted octanol–water partition coefficient (Wildman–Crippen LogP) is 12.1. The summed E-state index contributed by atoms with van der Waals surface area (Å²) in [4.78, 5) is 127. The summed E-state index contributed by atoms with van der Waals surface area (Å²) in [6.07, 6.45) is 1.46. The number of fused-ring (bicyclic) bond motifs is 15. The van der Waals surface area contributed by atoms with Gasteiger partial charge in [-0.15, -0.1) is 0 Å². The SMILES string of the molecule is C.CC1(C)CC(=O)C2=C(CC(=O)c3c2cc2cccc(O)c2c3O)C1.CC1(C)CC(=O)c2c(cc(O)c3c2C(=O)c2ccc(O)c(O)c2C3=O)C1.CC1=C(C(=O)O)C(=O)C2c3cc4cccc(O)c4c(O)c3C(=O)CC2(O)C1.Cc1cc(O)c2c3c(c(O)c(O)c2c1)C(=O)c1c(O)cccc1C3=O. The molecule has 0 aliphatic heterocycles. The Hall–Kier alpha value is -12.5. The standard InChI is InChI=1S/C20H16O7.C20H16O6.C20H18O4.C19H12O6.CH4/c1-8-6-20(27)7-12(22)15-10(16(20)18(24)13(8)19(25)26)5-9-3-2-4-11(21)14(9)17(15)23;1-20(2)6-8-5-11(22)15-16(13(8)12(23)7-20)17(24)9-3-4-10(21)18(25)14(9)19(15)26;1-20(2)8-11-7-14(22)18-12(16(11)15(23)9-20)6-10-4-3-5-13(21)17(10)19(18)24;1-7-5-9-12(11(21)6-7)14-15(19(25)17(9)23)18(24)13-8(16(14)22)3-2-4-10(13)20;/h2-5,16,21,23,27H,6-7H2,1H3,(H,25,26);3-5,21-22,25H,6-7H2,1-2H3;3-6,21,24H,7-9H2,1-2H3;2-6,20-21,23,25H,1H3;1H4. The molecule has 9 aromatic rings. The van der Waals surface area contributed by atoms with Crippen LogP contribution in [-0.2, 0) is 20.8 Å². The van der Waals surface area contributed by atoms with Gasteiger partial charge in [0.15, 0.2) is 63.5 Å². The molecule has 0 radical (unpaired) electrons. The fourth-order valence-electron chi connectivity index (χ4n) is 16.0. The van der Waals surface area contributed by atoms with Crippen molar-refractivity contribution in [3.05, 3.63) is 197 Å². The maximum atomic E-state index is 13.0. The number of benzene rings is 9. The highest BCUT2D eigenvalue weighted by Crippen LogP contribution is 2.55. The molecule has 2 atom stereocenters. The highest BCUT2D eigenvalue weighted by Gasteiger charge is 2.55. The van der Waals surface area contributed by atoms with Crippen LogP contribution in [0.1, 0.15) is 204 Å². The van der Waals surface area contributed by atoms with E-state index in [0.29, 0.717) is 52.3 Å². The molecule has 0 fully saturated rings. The summed E-state index contributed by atoms with van der Waals surface area (Å²) >= 11 is 0. The maximum Gasteiger partial charge on any atom is 0.339 e. The lowest BCUT2D eigenvalue weighted by molar-refractivity contribution is -0.137. The Balaban J connectivity index is 0.000000129. The van der Waals surface area contributed by atoms with E-state index in [1.54, 1.807) is 31.2 Å². The number of aliphatic hydroxyl groups is 1. The number of phenolic OH excluding ortho intramolecular Hbond substituents is 11. The molecule has 7 aliphatic carbocycles. The number of Topliss-reactive ketones (excluding diaryl/α,β-unsaturated/α-hetero) is 5. The van der Waals surface area contributed by atoms with Gasteiger partial charge in [-0.1, -0.05) is 82.7 Å². The van der Waals surface area contributed by atoms with Crippen LogP contribution in [0.2, 0.25) is 0 Å². The molecule has 0 bridgehead atoms. The molecule has 2 unspecified atom stereocenters. The molecule has 0 saturated carbocycles. The van der Waals surface area contributed by atoms with Crippen LogP contribution in [0.25, 0.3) is 37.9 Å². The number of hydrogen-bond acceptors (Lipinski definition) is 22. The third-order valence-corrected chi connectivity index (χ3v) is 20.0. The van der Waals surface area contributed by atoms with Gasteiger partial charge in [0.2, 0.25) is 11.6 Å². The third kappa shape index (κ3) is 10.9. The molecule has 13 N–H and O–H groups in total. The number of aromatic hydroxyl groups is 11. The molecule has 16 rings (SSSR count). The fourth-order valence-corrected chi connectivity index (χ4v) is 16.0. The Bertz CT molecular complexity index is 5600. The lowest BCUT2D eigenvalue weighted by atomic mass is 9.62. The van der Waals surface area contributed by atoms with Crippen molar-refractivity contribution in [2.75, 3.05) is 0 Å². The van der Waals surface area contributed by atoms with Gasteiger partial charge in [0, 0.05) is 75.4 Å². The van der Waals surface area contributed by atoms with Gasteiger partial charge >= 0.3 is 5.97 Å². The first-order valence-corrected chi connectivity index (χ1v) is 32.0. The summed E-state index contributed by atoms with van der Waals surface area (Å²) in [6.45, 7) is 11.0. The number of carbonyl (C=O) groups is 10. The Labute approximate surface area is 584 Å². The van der Waals surface area contributed by atoms with Gasteiger partial charge in [0.1, 0.15) is 45.8 Å². The van der Waals surface area contributed by atoms with E-state index in [1.165, 1.54) is 73.7 Å². The molecule has 0 heterocycles. The van der Waals surface area contributed by atoms with Gasteiger partial charge in [-0.05, 0) is 132 Å². The van der Waals surface area contributed by atoms with Crippen molar-refractivity contribution in [1.29, 1.82) is 0 Å². The zero-order valence-corrected chi connectivity index (χ0v) is 55.2. The van der Waals surface area contributed by atoms with E-state index in [1.807, 2.05) is 27.7 Å². The summed E-state index contributed by atoms with van der Waals surface area (Å²) in [5, 5.41) is 134. The minimum Gasteiger partial charge on any atom is -0.507 e. The van der Waals surface area contributed by atoms with Crippen molar-refractivity contribution < 1.29 is 114 Å². The number of aryl methyl sites for hydroxylation is 1. The number of carbonyl (C=O) groups excluding carboxylic acids is 9. The summed E-state index contributed by atoms with van der Waals surface area (Å²) in [7, 11) is 0. The van der Waals surface area contributed by atoms with Crippen LogP contribution in [0.15, 0.2) is 114 Å². The number of rotatable bonds is 1. The second-order valence-electron chi connectivity index (χ2n) is 28.4. The van der Waals surface area contributed by atoms with Gasteiger partial charge < -0.3 is 66.4 Å². The average Bonchev–Trinajstić information content (AvgIpc) is 0.733. The van der Waals surface area contributed by atoms with E-state index in [-0.39, 0.29) is 166 Å². The molecule has 9 aromatic carbocycles. The molecular weight excluding hydrogens is 1330 g/mol. The topological polar surface area (TPSA) is 434 Å². The van der Waals surface area contributed by atoms with Crippen LogP contribution in [0.5, 0.6) is 63.2 Å². The highest BCUT2D eigenvalue weighted by molar-refractivity contribution is 6.36. The lowest BCUT2D eigenvalue weighted by Crippen LogP contribution is -2.50. The number of carboxylic acid groups (broad SMARTS) is 1. The summed E-state index contributed by atoms with van der Waals surface area (Å²) in [5.74, 6) is -12.0. The van der Waals surface area contributed by atoms with Gasteiger partial charge in [-0.2, -0.15) is 0 Å². The minimum atomic E-state index is -1.75. The van der Waals surface area contributed by atoms with E-state index in [9.17, 15) is 114 Å². The van der Waals surface area contributed by atoms with Gasteiger partial charge in [0.05, 0.1) is 55.7 Å². The Morgan fingerprint density at radius 3 is 1.63 bits per heavy atom. The van der Waals surface area contributed by atoms with Crippen LogP contribution < -0.4 is 0 Å². The van der Waals surface area contributed by atoms with E-state index in [2.05, 4.69) is 0 Å². The predicted molar refractivity (Wildman–Crippen MR) is 372 cm³/mol. The molecule has 23 heteroatoms. The Kier molecular flexibility index (Phi) is 16.7. The van der Waals surface area contributed by atoms with Gasteiger partial charge in [-0.25, -0.2) is 4.79 Å². The lowest BCUT2D eigenvalue weighted by Gasteiger charge is -2.43. The summed E-state index contributed by atoms with van der Waals surface area (Å²) in [6, 6.07) is 23.3. The van der Waals surface area contributed by atoms with Crippen molar-refractivity contribution in [2.45, 2.75) is 105 Å². The number of phenols is 11. The second kappa shape index (κ2) is 24.4. The zero-order valence-electron chi connectivity index (χ0n) is 55.2. The third-order valence-electron chi connectivity index (χ3n) is 20.0.